The molecule has 3 heterocycles. The van der Waals surface area contributed by atoms with Crippen LogP contribution < -0.4 is 5.32 Å². The molecule has 0 bridgehead atoms. The van der Waals surface area contributed by atoms with Gasteiger partial charge in [0, 0.05) is 47.9 Å². The molecule has 1 amide bonds. The van der Waals surface area contributed by atoms with E-state index in [4.69, 9.17) is 4.98 Å². The molecule has 1 atom stereocenters. The molecule has 4 rings (SSSR count). The molecule has 0 aliphatic carbocycles. The van der Waals surface area contributed by atoms with Crippen molar-refractivity contribution in [2.24, 2.45) is 0 Å². The summed E-state index contributed by atoms with van der Waals surface area (Å²) in [5, 5.41) is 4.30. The Morgan fingerprint density at radius 1 is 1.32 bits per heavy atom. The molecule has 1 aliphatic rings. The molecule has 0 radical (unpaired) electrons. The van der Waals surface area contributed by atoms with E-state index < -0.39 is 0 Å². The van der Waals surface area contributed by atoms with Gasteiger partial charge in [0.25, 0.3) is 5.91 Å². The van der Waals surface area contributed by atoms with Gasteiger partial charge in [-0.05, 0) is 30.0 Å². The molecule has 0 fully saturated rings. The van der Waals surface area contributed by atoms with Gasteiger partial charge in [-0.3, -0.25) is 4.79 Å². The summed E-state index contributed by atoms with van der Waals surface area (Å²) in [6.07, 6.45) is 5.85. The average Bonchev–Trinajstić information content (AvgIpc) is 3.19. The second-order valence-electron chi connectivity index (χ2n) is 7.93. The van der Waals surface area contributed by atoms with E-state index in [-0.39, 0.29) is 17.4 Å². The number of hydrogen-bond acceptors (Lipinski definition) is 2. The third-order valence-electron chi connectivity index (χ3n) is 4.91. The number of fused-ring (bicyclic) bond motifs is 2. The molecule has 0 unspecified atom stereocenters. The Morgan fingerprint density at radius 3 is 2.96 bits per heavy atom. The highest BCUT2D eigenvalue weighted by molar-refractivity contribution is 5.98. The van der Waals surface area contributed by atoms with Crippen LogP contribution in [0, 0.1) is 0 Å². The monoisotopic (exact) mass is 336 g/mol. The molecule has 1 aliphatic heterocycles. The van der Waals surface area contributed by atoms with Crippen LogP contribution in [0.4, 0.5) is 0 Å². The van der Waals surface area contributed by atoms with Gasteiger partial charge in [0.15, 0.2) is 0 Å². The summed E-state index contributed by atoms with van der Waals surface area (Å²) in [5.74, 6) is 1.12. The van der Waals surface area contributed by atoms with Crippen molar-refractivity contribution in [3.8, 4) is 0 Å². The fourth-order valence-electron chi connectivity index (χ4n) is 3.38. The smallest absolute Gasteiger partial charge is 0.251 e. The van der Waals surface area contributed by atoms with E-state index in [2.05, 4.69) is 41.8 Å². The zero-order valence-electron chi connectivity index (χ0n) is 15.0. The van der Waals surface area contributed by atoms with Crippen molar-refractivity contribution in [2.75, 3.05) is 0 Å². The fraction of sp³-hybridized carbons (Fsp3) is 0.400. The van der Waals surface area contributed by atoms with E-state index in [0.29, 0.717) is 5.56 Å². The van der Waals surface area contributed by atoms with Gasteiger partial charge in [-0.25, -0.2) is 4.98 Å². The summed E-state index contributed by atoms with van der Waals surface area (Å²) in [7, 11) is 0. The summed E-state index contributed by atoms with van der Waals surface area (Å²) in [4.78, 5) is 20.5. The van der Waals surface area contributed by atoms with Gasteiger partial charge in [0.2, 0.25) is 0 Å². The lowest BCUT2D eigenvalue weighted by molar-refractivity contribution is 0.0927. The summed E-state index contributed by atoms with van der Waals surface area (Å²) in [5.41, 5.74) is 2.85. The maximum Gasteiger partial charge on any atom is 0.251 e. The molecule has 0 saturated carbocycles. The first kappa shape index (κ1) is 15.9. The molecule has 5 nitrogen and oxygen atoms in total. The lowest BCUT2D eigenvalue weighted by Crippen LogP contribution is -2.40. The molecule has 5 heteroatoms. The molecule has 0 saturated heterocycles. The molecule has 2 N–H and O–H groups in total. The highest BCUT2D eigenvalue weighted by Crippen LogP contribution is 2.24. The molecular formula is C20H24N4O. The van der Waals surface area contributed by atoms with Gasteiger partial charge in [-0.1, -0.05) is 26.8 Å². The number of carbonyl (C=O) groups is 1. The number of H-pyrrole nitrogens is 1. The quantitative estimate of drug-likeness (QED) is 0.753. The number of benzene rings is 1. The summed E-state index contributed by atoms with van der Waals surface area (Å²) in [6, 6.07) is 7.92. The second kappa shape index (κ2) is 5.76. The Bertz CT molecular complexity index is 929. The number of rotatable bonds is 2. The zero-order valence-corrected chi connectivity index (χ0v) is 15.0. The number of hydrogen-bond donors (Lipinski definition) is 2. The number of carbonyl (C=O) groups excluding carboxylic acids is 1. The van der Waals surface area contributed by atoms with Gasteiger partial charge >= 0.3 is 0 Å². The van der Waals surface area contributed by atoms with E-state index in [0.717, 1.165) is 41.8 Å². The lowest BCUT2D eigenvalue weighted by atomic mass is 9.93. The van der Waals surface area contributed by atoms with Crippen molar-refractivity contribution >= 4 is 16.8 Å². The van der Waals surface area contributed by atoms with Crippen LogP contribution in [-0.2, 0) is 18.4 Å². The maximum absolute atomic E-state index is 12.6. The third kappa shape index (κ3) is 3.06. The van der Waals surface area contributed by atoms with Gasteiger partial charge in [-0.2, -0.15) is 0 Å². The van der Waals surface area contributed by atoms with E-state index in [1.807, 2.05) is 30.5 Å². The summed E-state index contributed by atoms with van der Waals surface area (Å²) < 4.78 is 2.20. The molecule has 3 aromatic rings. The maximum atomic E-state index is 12.6. The lowest BCUT2D eigenvalue weighted by Gasteiger charge is -2.24. The first-order chi connectivity index (χ1) is 11.9. The van der Waals surface area contributed by atoms with Crippen LogP contribution in [-0.4, -0.2) is 26.5 Å². The van der Waals surface area contributed by atoms with Crippen molar-refractivity contribution < 1.29 is 4.79 Å². The number of imidazole rings is 1. The number of nitrogens with one attached hydrogen (secondary N) is 2. The minimum atomic E-state index is -0.0129. The minimum absolute atomic E-state index is 0.0129. The largest absolute Gasteiger partial charge is 0.361 e. The summed E-state index contributed by atoms with van der Waals surface area (Å²) in [6.45, 7) is 7.32. The van der Waals surface area contributed by atoms with Crippen LogP contribution in [0.15, 0.2) is 36.7 Å². The van der Waals surface area contributed by atoms with Gasteiger partial charge in [-0.15, -0.1) is 0 Å². The van der Waals surface area contributed by atoms with Crippen molar-refractivity contribution in [1.82, 2.24) is 19.9 Å². The number of aromatic amines is 1. The predicted octanol–water partition coefficient (Wildman–Crippen LogP) is 3.41. The second-order valence-corrected chi connectivity index (χ2v) is 7.93. The predicted molar refractivity (Wildman–Crippen MR) is 98.8 cm³/mol. The molecule has 1 aromatic carbocycles. The first-order valence-electron chi connectivity index (χ1n) is 8.85. The molecule has 0 spiro atoms. The molecular weight excluding hydrogens is 312 g/mol. The number of aryl methyl sites for hydroxylation is 1. The van der Waals surface area contributed by atoms with E-state index in [9.17, 15) is 4.79 Å². The van der Waals surface area contributed by atoms with E-state index in [1.165, 1.54) is 0 Å². The minimum Gasteiger partial charge on any atom is -0.361 e. The van der Waals surface area contributed by atoms with Gasteiger partial charge < -0.3 is 14.9 Å². The van der Waals surface area contributed by atoms with Crippen LogP contribution in [0.25, 0.3) is 10.9 Å². The molecule has 130 valence electrons. The standard InChI is InChI=1S/C20H24N4O/c1-20(2,3)17-12-24-11-15(6-7-18(24)23-17)22-19(25)14-5-4-13-8-9-21-16(13)10-14/h4-5,8-10,12,15,21H,6-7,11H2,1-3H3,(H,22,25)/t15-/m1/s1. The van der Waals surface area contributed by atoms with Crippen LogP contribution in [0.2, 0.25) is 0 Å². The summed E-state index contributed by atoms with van der Waals surface area (Å²) >= 11 is 0. The van der Waals surface area contributed by atoms with Crippen LogP contribution in [0.3, 0.4) is 0 Å². The zero-order chi connectivity index (χ0) is 17.6. The van der Waals surface area contributed by atoms with E-state index >= 15 is 0 Å². The Hall–Kier alpha value is -2.56. The number of aromatic nitrogens is 3. The molecule has 2 aromatic heterocycles. The van der Waals surface area contributed by atoms with Crippen LogP contribution in [0.1, 0.15) is 49.1 Å². The topological polar surface area (TPSA) is 62.7 Å². The Kier molecular flexibility index (Phi) is 3.67. The normalized spacial score (nSPS) is 17.5. The highest BCUT2D eigenvalue weighted by Gasteiger charge is 2.25. The van der Waals surface area contributed by atoms with Crippen molar-refractivity contribution in [2.45, 2.75) is 51.6 Å². The Balaban J connectivity index is 1.48. The van der Waals surface area contributed by atoms with Gasteiger partial charge in [0.05, 0.1) is 5.69 Å². The fourth-order valence-corrected chi connectivity index (χ4v) is 3.38. The van der Waals surface area contributed by atoms with Crippen LogP contribution in [0.5, 0.6) is 0 Å². The average molecular weight is 336 g/mol. The van der Waals surface area contributed by atoms with Crippen molar-refractivity contribution in [3.05, 3.63) is 53.7 Å². The van der Waals surface area contributed by atoms with Crippen molar-refractivity contribution in [3.63, 3.8) is 0 Å². The SMILES string of the molecule is CC(C)(C)c1cn2c(n1)CC[C@@H](NC(=O)c1ccc3cc[nH]c3c1)C2. The van der Waals surface area contributed by atoms with Crippen molar-refractivity contribution in [1.29, 1.82) is 0 Å². The molecule has 25 heavy (non-hydrogen) atoms. The Labute approximate surface area is 147 Å². The van der Waals surface area contributed by atoms with Gasteiger partial charge in [0.1, 0.15) is 5.82 Å². The highest BCUT2D eigenvalue weighted by atomic mass is 16.1. The number of nitrogens with zero attached hydrogens (tertiary/aromatic N) is 2. The first-order valence-corrected chi connectivity index (χ1v) is 8.85. The number of amides is 1. The third-order valence-corrected chi connectivity index (χ3v) is 4.91. The van der Waals surface area contributed by atoms with E-state index in [1.54, 1.807) is 0 Å². The van der Waals surface area contributed by atoms with Crippen LogP contribution >= 0.6 is 0 Å². The Morgan fingerprint density at radius 2 is 2.16 bits per heavy atom.